The average molecular weight is 138 g/mol. The van der Waals surface area contributed by atoms with Crippen molar-refractivity contribution in [3.8, 4) is 0 Å². The second-order valence-electron chi connectivity index (χ2n) is 0.726. The summed E-state index contributed by atoms with van der Waals surface area (Å²) in [5, 5.41) is 9.26. The molecule has 0 amide bonds. The standard InChI is InChI=1S/C3H6O2.Zn/c1-2-3(4)5;/h2H2,1H3,(H,4,5);/q;+2/p-1. The molecular weight excluding hydrogens is 133 g/mol. The number of carbonyl (C=O) groups excluding carboxylic acids is 1. The van der Waals surface area contributed by atoms with E-state index >= 15 is 0 Å². The molecule has 0 spiro atoms. The number of carbonyl (C=O) groups is 1. The Labute approximate surface area is 49.3 Å². The van der Waals surface area contributed by atoms with E-state index in [1.54, 1.807) is 0 Å². The van der Waals surface area contributed by atoms with E-state index < -0.39 is 5.97 Å². The van der Waals surface area contributed by atoms with Crippen LogP contribution in [0.15, 0.2) is 0 Å². The van der Waals surface area contributed by atoms with E-state index in [1.807, 2.05) is 0 Å². The first-order valence-electron chi connectivity index (χ1n) is 1.47. The maximum absolute atomic E-state index is 9.26. The number of hydrogen-bond donors (Lipinski definition) is 0. The van der Waals surface area contributed by atoms with Gasteiger partial charge in [-0.05, 0) is 6.42 Å². The monoisotopic (exact) mass is 137 g/mol. The zero-order valence-corrected chi connectivity index (χ0v) is 6.70. The van der Waals surface area contributed by atoms with Crippen LogP contribution >= 0.6 is 0 Å². The van der Waals surface area contributed by atoms with Crippen LogP contribution in [0.1, 0.15) is 13.3 Å². The minimum Gasteiger partial charge on any atom is -0.550 e. The zero-order chi connectivity index (χ0) is 4.28. The molecule has 3 heteroatoms. The molecule has 0 heterocycles. The number of hydrogen-bond acceptors (Lipinski definition) is 2. The van der Waals surface area contributed by atoms with E-state index in [2.05, 4.69) is 0 Å². The summed E-state index contributed by atoms with van der Waals surface area (Å²) < 4.78 is 0. The summed E-state index contributed by atoms with van der Waals surface area (Å²) in [6, 6.07) is 0. The second-order valence-corrected chi connectivity index (χ2v) is 0.726. The van der Waals surface area contributed by atoms with Gasteiger partial charge in [-0.3, -0.25) is 0 Å². The number of carboxylic acid groups (broad SMARTS) is 1. The first-order valence-corrected chi connectivity index (χ1v) is 1.47. The summed E-state index contributed by atoms with van der Waals surface area (Å²) in [6.45, 7) is 1.54. The van der Waals surface area contributed by atoms with Crippen LogP contribution < -0.4 is 5.11 Å². The van der Waals surface area contributed by atoms with Gasteiger partial charge in [0, 0.05) is 5.97 Å². The summed E-state index contributed by atoms with van der Waals surface area (Å²) >= 11 is 0. The molecule has 6 heavy (non-hydrogen) atoms. The average Bonchev–Trinajstić information content (AvgIpc) is 1.38. The van der Waals surface area contributed by atoms with Crippen LogP contribution in [0, 0.1) is 0 Å². The second kappa shape index (κ2) is 5.09. The Kier molecular flexibility index (Phi) is 8.01. The molecule has 2 nitrogen and oxygen atoms in total. The zero-order valence-electron chi connectivity index (χ0n) is 3.73. The smallest absolute Gasteiger partial charge is 0.550 e. The molecule has 0 saturated heterocycles. The van der Waals surface area contributed by atoms with E-state index in [1.165, 1.54) is 6.92 Å². The van der Waals surface area contributed by atoms with Gasteiger partial charge in [-0.2, -0.15) is 0 Å². The molecule has 0 saturated carbocycles. The van der Waals surface area contributed by atoms with E-state index in [4.69, 9.17) is 0 Å². The topological polar surface area (TPSA) is 40.1 Å². The van der Waals surface area contributed by atoms with Gasteiger partial charge in [0.05, 0.1) is 0 Å². The first-order chi connectivity index (χ1) is 2.27. The van der Waals surface area contributed by atoms with Crippen molar-refractivity contribution in [1.82, 2.24) is 0 Å². The fourth-order valence-corrected chi connectivity index (χ4v) is 0. The molecule has 0 unspecified atom stereocenters. The largest absolute Gasteiger partial charge is 2.00 e. The number of carboxylic acids is 1. The maximum Gasteiger partial charge on any atom is 2.00 e. The fourth-order valence-electron chi connectivity index (χ4n) is 0. The van der Waals surface area contributed by atoms with Crippen molar-refractivity contribution in [1.29, 1.82) is 0 Å². The Hall–Kier alpha value is 0.0934. The van der Waals surface area contributed by atoms with Crippen molar-refractivity contribution in [3.05, 3.63) is 0 Å². The van der Waals surface area contributed by atoms with Gasteiger partial charge >= 0.3 is 19.5 Å². The molecule has 0 radical (unpaired) electrons. The summed E-state index contributed by atoms with van der Waals surface area (Å²) in [5.41, 5.74) is 0. The van der Waals surface area contributed by atoms with E-state index in [9.17, 15) is 9.90 Å². The molecule has 0 rings (SSSR count). The van der Waals surface area contributed by atoms with Crippen molar-refractivity contribution in [3.63, 3.8) is 0 Å². The van der Waals surface area contributed by atoms with Crippen molar-refractivity contribution < 1.29 is 29.4 Å². The van der Waals surface area contributed by atoms with Gasteiger partial charge in [-0.1, -0.05) is 6.92 Å². The third-order valence-electron chi connectivity index (χ3n) is 0.289. The van der Waals surface area contributed by atoms with Gasteiger partial charge in [0.2, 0.25) is 0 Å². The van der Waals surface area contributed by atoms with Crippen LogP contribution in [-0.2, 0) is 24.3 Å². The Morgan fingerprint density at radius 2 is 2.00 bits per heavy atom. The molecule has 0 fully saturated rings. The van der Waals surface area contributed by atoms with Crippen molar-refractivity contribution in [2.75, 3.05) is 0 Å². The third kappa shape index (κ3) is 8.94. The molecular formula is C3H5O2Zn+. The number of rotatable bonds is 1. The van der Waals surface area contributed by atoms with Gasteiger partial charge in [-0.25, -0.2) is 0 Å². The SMILES string of the molecule is CCC(=O)[O-].[Zn+2]. The molecule has 0 aliphatic rings. The molecule has 0 atom stereocenters. The van der Waals surface area contributed by atoms with Crippen LogP contribution in [0.4, 0.5) is 0 Å². The Bertz CT molecular complexity index is 44.1. The minimum atomic E-state index is -0.995. The van der Waals surface area contributed by atoms with Gasteiger partial charge < -0.3 is 9.90 Å². The van der Waals surface area contributed by atoms with Crippen molar-refractivity contribution in [2.45, 2.75) is 13.3 Å². The van der Waals surface area contributed by atoms with Crippen LogP contribution in [0.25, 0.3) is 0 Å². The molecule has 0 aliphatic heterocycles. The normalized spacial score (nSPS) is 6.17. The van der Waals surface area contributed by atoms with Gasteiger partial charge in [0.15, 0.2) is 0 Å². The van der Waals surface area contributed by atoms with Crippen LogP contribution in [-0.4, -0.2) is 5.97 Å². The summed E-state index contributed by atoms with van der Waals surface area (Å²) in [4.78, 5) is 9.26. The molecule has 0 aliphatic carbocycles. The van der Waals surface area contributed by atoms with Crippen LogP contribution in [0.5, 0.6) is 0 Å². The molecule has 0 bridgehead atoms. The fraction of sp³-hybridized carbons (Fsp3) is 0.667. The van der Waals surface area contributed by atoms with E-state index in [0.29, 0.717) is 0 Å². The molecule has 0 aromatic heterocycles. The van der Waals surface area contributed by atoms with Gasteiger partial charge in [0.1, 0.15) is 0 Å². The maximum atomic E-state index is 9.26. The summed E-state index contributed by atoms with van der Waals surface area (Å²) in [5.74, 6) is -0.995. The molecule has 30 valence electrons. The molecule has 0 N–H and O–H groups in total. The van der Waals surface area contributed by atoms with Crippen LogP contribution in [0.2, 0.25) is 0 Å². The first kappa shape index (κ1) is 9.43. The molecule has 0 aromatic carbocycles. The Morgan fingerprint density at radius 1 is 1.83 bits per heavy atom. The predicted molar refractivity (Wildman–Crippen MR) is 15.3 cm³/mol. The predicted octanol–water partition coefficient (Wildman–Crippen LogP) is -0.856. The summed E-state index contributed by atoms with van der Waals surface area (Å²) in [7, 11) is 0. The summed E-state index contributed by atoms with van der Waals surface area (Å²) in [6.07, 6.45) is 0.111. The minimum absolute atomic E-state index is 0. The number of aliphatic carboxylic acids is 1. The van der Waals surface area contributed by atoms with Gasteiger partial charge in [0.25, 0.3) is 0 Å². The Balaban J connectivity index is 0. The van der Waals surface area contributed by atoms with Crippen molar-refractivity contribution in [2.24, 2.45) is 0 Å². The van der Waals surface area contributed by atoms with Gasteiger partial charge in [-0.15, -0.1) is 0 Å². The van der Waals surface area contributed by atoms with E-state index in [-0.39, 0.29) is 25.9 Å². The van der Waals surface area contributed by atoms with Crippen LogP contribution in [0.3, 0.4) is 0 Å². The van der Waals surface area contributed by atoms with Crippen molar-refractivity contribution >= 4 is 5.97 Å². The quantitative estimate of drug-likeness (QED) is 0.443. The Morgan fingerprint density at radius 3 is 2.00 bits per heavy atom. The third-order valence-corrected chi connectivity index (χ3v) is 0.289. The van der Waals surface area contributed by atoms with E-state index in [0.717, 1.165) is 0 Å². The molecule has 0 aromatic rings.